The van der Waals surface area contributed by atoms with Gasteiger partial charge < -0.3 is 30.3 Å². The van der Waals surface area contributed by atoms with E-state index in [1.807, 2.05) is 0 Å². The second-order valence-corrected chi connectivity index (χ2v) is 2.72. The molecule has 1 heterocycles. The summed E-state index contributed by atoms with van der Waals surface area (Å²) in [5.74, 6) is 0. The number of aliphatic hydroxyl groups is 5. The fourth-order valence-electron chi connectivity index (χ4n) is 1.08. The Morgan fingerprint density at radius 1 is 0.917 bits per heavy atom. The largest absolute Gasteiger partial charge is 0.394 e. The van der Waals surface area contributed by atoms with Crippen LogP contribution < -0.4 is 0 Å². The summed E-state index contributed by atoms with van der Waals surface area (Å²) >= 11 is 0. The van der Waals surface area contributed by atoms with Crippen LogP contribution in [0, 0.1) is 0 Å². The minimum atomic E-state index is -1.57. The summed E-state index contributed by atoms with van der Waals surface area (Å²) in [6.07, 6.45) is -7.04. The highest BCUT2D eigenvalue weighted by Gasteiger charge is 2.42. The van der Waals surface area contributed by atoms with Crippen molar-refractivity contribution in [3.8, 4) is 0 Å². The SMILES string of the molecule is OCC1OC(O)[C@@H](O)[C@@H](O)C1O. The van der Waals surface area contributed by atoms with Crippen LogP contribution in [-0.4, -0.2) is 62.8 Å². The van der Waals surface area contributed by atoms with Gasteiger partial charge >= 0.3 is 0 Å². The molecule has 0 amide bonds. The number of hydrogen-bond donors (Lipinski definition) is 5. The molecule has 1 rings (SSSR count). The molecule has 0 aromatic carbocycles. The van der Waals surface area contributed by atoms with E-state index in [0.717, 1.165) is 0 Å². The summed E-state index contributed by atoms with van der Waals surface area (Å²) in [5, 5.41) is 44.7. The fourth-order valence-corrected chi connectivity index (χ4v) is 1.08. The zero-order valence-corrected chi connectivity index (χ0v) is 6.24. The van der Waals surface area contributed by atoms with Crippen LogP contribution in [0.2, 0.25) is 0 Å². The molecule has 12 heavy (non-hydrogen) atoms. The average molecular weight is 180 g/mol. The Hall–Kier alpha value is -0.240. The molecule has 0 radical (unpaired) electrons. The lowest BCUT2D eigenvalue weighted by molar-refractivity contribution is -0.286. The summed E-state index contributed by atoms with van der Waals surface area (Å²) < 4.78 is 4.58. The molecular formula is C6H12O6. The minimum Gasteiger partial charge on any atom is -0.394 e. The third kappa shape index (κ3) is 1.58. The van der Waals surface area contributed by atoms with Gasteiger partial charge in [0.25, 0.3) is 0 Å². The highest BCUT2D eigenvalue weighted by Crippen LogP contribution is 2.18. The molecule has 1 aliphatic rings. The maximum atomic E-state index is 9.12. The Morgan fingerprint density at radius 2 is 1.50 bits per heavy atom. The lowest BCUT2D eigenvalue weighted by atomic mass is 10.00. The number of hydrogen-bond acceptors (Lipinski definition) is 6. The van der Waals surface area contributed by atoms with Crippen molar-refractivity contribution in [3.05, 3.63) is 0 Å². The van der Waals surface area contributed by atoms with Gasteiger partial charge in [0.2, 0.25) is 0 Å². The van der Waals surface area contributed by atoms with Crippen molar-refractivity contribution >= 4 is 0 Å². The van der Waals surface area contributed by atoms with Gasteiger partial charge in [-0.3, -0.25) is 0 Å². The van der Waals surface area contributed by atoms with Crippen molar-refractivity contribution < 1.29 is 30.3 Å². The maximum Gasteiger partial charge on any atom is 0.184 e. The number of aliphatic hydroxyl groups excluding tert-OH is 5. The summed E-state index contributed by atoms with van der Waals surface area (Å²) in [7, 11) is 0. The van der Waals surface area contributed by atoms with Crippen LogP contribution in [0.1, 0.15) is 0 Å². The molecule has 1 fully saturated rings. The van der Waals surface area contributed by atoms with E-state index in [2.05, 4.69) is 4.74 Å². The van der Waals surface area contributed by atoms with Crippen molar-refractivity contribution in [3.63, 3.8) is 0 Å². The Balaban J connectivity index is 2.63. The van der Waals surface area contributed by atoms with Crippen LogP contribution in [0.25, 0.3) is 0 Å². The fraction of sp³-hybridized carbons (Fsp3) is 1.00. The van der Waals surface area contributed by atoms with E-state index in [1.165, 1.54) is 0 Å². The second kappa shape index (κ2) is 3.65. The Labute approximate surface area is 68.6 Å². The predicted molar refractivity (Wildman–Crippen MR) is 36.0 cm³/mol. The molecule has 0 aromatic rings. The molecule has 3 unspecified atom stereocenters. The average Bonchev–Trinajstić information content (AvgIpc) is 2.08. The summed E-state index contributed by atoms with van der Waals surface area (Å²) in [4.78, 5) is 0. The molecule has 0 aromatic heterocycles. The molecule has 1 aliphatic heterocycles. The van der Waals surface area contributed by atoms with Crippen LogP contribution in [0.15, 0.2) is 0 Å². The minimum absolute atomic E-state index is 0.526. The van der Waals surface area contributed by atoms with Gasteiger partial charge in [-0.05, 0) is 0 Å². The first-order valence-electron chi connectivity index (χ1n) is 3.56. The van der Waals surface area contributed by atoms with Gasteiger partial charge in [0.05, 0.1) is 6.61 Å². The van der Waals surface area contributed by atoms with E-state index in [4.69, 9.17) is 25.5 Å². The van der Waals surface area contributed by atoms with Crippen molar-refractivity contribution in [1.82, 2.24) is 0 Å². The lowest BCUT2D eigenvalue weighted by Crippen LogP contribution is -2.58. The van der Waals surface area contributed by atoms with Gasteiger partial charge in [-0.15, -0.1) is 0 Å². The zero-order chi connectivity index (χ0) is 9.30. The monoisotopic (exact) mass is 180 g/mol. The number of ether oxygens (including phenoxy) is 1. The molecule has 0 spiro atoms. The smallest absolute Gasteiger partial charge is 0.184 e. The highest BCUT2D eigenvalue weighted by molar-refractivity contribution is 4.87. The van der Waals surface area contributed by atoms with Gasteiger partial charge in [-0.2, -0.15) is 0 Å². The Morgan fingerprint density at radius 3 is 2.00 bits per heavy atom. The van der Waals surface area contributed by atoms with Gasteiger partial charge in [0.15, 0.2) is 6.29 Å². The van der Waals surface area contributed by atoms with Gasteiger partial charge in [-0.1, -0.05) is 0 Å². The molecule has 6 nitrogen and oxygen atoms in total. The molecule has 5 atom stereocenters. The molecule has 1 saturated heterocycles. The Bertz CT molecular complexity index is 146. The van der Waals surface area contributed by atoms with Crippen LogP contribution in [0.4, 0.5) is 0 Å². The van der Waals surface area contributed by atoms with Crippen molar-refractivity contribution in [2.24, 2.45) is 0 Å². The standard InChI is InChI=1S/C6H12O6/c7-1-2-3(8)4(9)5(10)6(11)12-2/h2-11H,1H2/t2?,3?,4-,5-,6?/m0/s1. The predicted octanol–water partition coefficient (Wildman–Crippen LogP) is -3.22. The van der Waals surface area contributed by atoms with Gasteiger partial charge in [-0.25, -0.2) is 0 Å². The summed E-state index contributed by atoms with van der Waals surface area (Å²) in [6, 6.07) is 0. The quantitative estimate of drug-likeness (QED) is 0.290. The topological polar surface area (TPSA) is 110 Å². The molecule has 6 heteroatoms. The van der Waals surface area contributed by atoms with E-state index in [9.17, 15) is 0 Å². The van der Waals surface area contributed by atoms with E-state index in [1.54, 1.807) is 0 Å². The third-order valence-corrected chi connectivity index (χ3v) is 1.87. The van der Waals surface area contributed by atoms with Crippen LogP contribution >= 0.6 is 0 Å². The normalized spacial score (nSPS) is 49.2. The third-order valence-electron chi connectivity index (χ3n) is 1.87. The Kier molecular flexibility index (Phi) is 2.99. The summed E-state index contributed by atoms with van der Waals surface area (Å²) in [5.41, 5.74) is 0. The molecule has 0 aliphatic carbocycles. The van der Waals surface area contributed by atoms with E-state index >= 15 is 0 Å². The first-order valence-corrected chi connectivity index (χ1v) is 3.56. The van der Waals surface area contributed by atoms with E-state index < -0.39 is 37.3 Å². The van der Waals surface area contributed by atoms with Crippen molar-refractivity contribution in [1.29, 1.82) is 0 Å². The van der Waals surface area contributed by atoms with Gasteiger partial charge in [0.1, 0.15) is 24.4 Å². The molecular weight excluding hydrogens is 168 g/mol. The second-order valence-electron chi connectivity index (χ2n) is 2.72. The van der Waals surface area contributed by atoms with E-state index in [0.29, 0.717) is 0 Å². The van der Waals surface area contributed by atoms with Crippen LogP contribution in [0.3, 0.4) is 0 Å². The molecule has 72 valence electrons. The zero-order valence-electron chi connectivity index (χ0n) is 6.24. The van der Waals surface area contributed by atoms with E-state index in [-0.39, 0.29) is 0 Å². The molecule has 0 saturated carbocycles. The summed E-state index contributed by atoms with van der Waals surface area (Å²) in [6.45, 7) is -0.526. The maximum absolute atomic E-state index is 9.12. The van der Waals surface area contributed by atoms with Gasteiger partial charge in [0, 0.05) is 0 Å². The van der Waals surface area contributed by atoms with Crippen molar-refractivity contribution in [2.75, 3.05) is 6.61 Å². The van der Waals surface area contributed by atoms with Crippen LogP contribution in [-0.2, 0) is 4.74 Å². The number of rotatable bonds is 1. The van der Waals surface area contributed by atoms with Crippen molar-refractivity contribution in [2.45, 2.75) is 30.7 Å². The molecule has 0 bridgehead atoms. The first-order chi connectivity index (χ1) is 5.57. The molecule has 5 N–H and O–H groups in total. The van der Waals surface area contributed by atoms with Crippen LogP contribution in [0.5, 0.6) is 0 Å². The lowest BCUT2D eigenvalue weighted by Gasteiger charge is -2.37. The highest BCUT2D eigenvalue weighted by atomic mass is 16.6. The first kappa shape index (κ1) is 9.85.